The average molecular weight is 444 g/mol. The number of hydroxylamine groups is 1. The molecule has 0 saturated carbocycles. The molecule has 1 N–H and O–H groups in total. The van der Waals surface area contributed by atoms with Gasteiger partial charge < -0.3 is 4.52 Å². The van der Waals surface area contributed by atoms with Crippen LogP contribution in [-0.4, -0.2) is 39.9 Å². The van der Waals surface area contributed by atoms with Gasteiger partial charge in [0.1, 0.15) is 18.6 Å². The van der Waals surface area contributed by atoms with Gasteiger partial charge in [0.2, 0.25) is 0 Å². The molecule has 0 radical (unpaired) electrons. The van der Waals surface area contributed by atoms with Gasteiger partial charge >= 0.3 is 5.56 Å². The van der Waals surface area contributed by atoms with Crippen LogP contribution in [0.15, 0.2) is 69.8 Å². The lowest BCUT2D eigenvalue weighted by Gasteiger charge is -2.14. The van der Waals surface area contributed by atoms with Gasteiger partial charge in [-0.3, -0.25) is 28.8 Å². The SMILES string of the molecule is O=C1c2ccccc2C(=O)N1C1=C(n2occ(N3C(=O)c4ccccc4C3=O)c2=O)NOC1. The average Bonchev–Trinajstić information content (AvgIpc) is 3.56. The fourth-order valence-electron chi connectivity index (χ4n) is 4.08. The van der Waals surface area contributed by atoms with Crippen molar-refractivity contribution in [3.8, 4) is 0 Å². The highest BCUT2D eigenvalue weighted by Crippen LogP contribution is 2.31. The van der Waals surface area contributed by atoms with Crippen molar-refractivity contribution in [2.24, 2.45) is 0 Å². The molecule has 0 fully saturated rings. The largest absolute Gasteiger partial charge is 0.375 e. The van der Waals surface area contributed by atoms with Crippen molar-refractivity contribution >= 4 is 35.1 Å². The number of aromatic nitrogens is 1. The van der Waals surface area contributed by atoms with Crippen LogP contribution in [0.2, 0.25) is 0 Å². The standard InChI is InChI=1S/C22H12N4O7/c27-18-11-5-1-2-6-12(11)19(28)24(18)15-9-32-23-17(15)26-22(31)16(10-33-26)25-20(29)13-7-3-4-8-14(13)21(25)30/h1-8,10,23H,9H2. The van der Waals surface area contributed by atoms with Gasteiger partial charge in [0.15, 0.2) is 11.5 Å². The van der Waals surface area contributed by atoms with E-state index in [-0.39, 0.29) is 46.1 Å². The number of imide groups is 2. The van der Waals surface area contributed by atoms with E-state index in [4.69, 9.17) is 9.36 Å². The van der Waals surface area contributed by atoms with Crippen LogP contribution in [-0.2, 0) is 4.84 Å². The van der Waals surface area contributed by atoms with Gasteiger partial charge in [-0.2, -0.15) is 0 Å². The van der Waals surface area contributed by atoms with Crippen LogP contribution in [0.5, 0.6) is 0 Å². The fraction of sp³-hybridized carbons (Fsp3) is 0.0455. The Balaban J connectivity index is 1.42. The molecular formula is C22H12N4O7. The number of anilines is 1. The summed E-state index contributed by atoms with van der Waals surface area (Å²) in [5.74, 6) is -2.58. The first-order chi connectivity index (χ1) is 16.0. The van der Waals surface area contributed by atoms with Crippen LogP contribution >= 0.6 is 0 Å². The maximum Gasteiger partial charge on any atom is 0.313 e. The molecule has 0 bridgehead atoms. The summed E-state index contributed by atoms with van der Waals surface area (Å²) in [7, 11) is 0. The molecule has 4 amide bonds. The van der Waals surface area contributed by atoms with E-state index in [1.165, 1.54) is 24.3 Å². The normalized spacial score (nSPS) is 17.2. The molecule has 0 aliphatic carbocycles. The lowest BCUT2D eigenvalue weighted by Crippen LogP contribution is -2.35. The summed E-state index contributed by atoms with van der Waals surface area (Å²) < 4.78 is 6.06. The molecule has 162 valence electrons. The van der Waals surface area contributed by atoms with E-state index < -0.39 is 29.2 Å². The maximum atomic E-state index is 13.1. The van der Waals surface area contributed by atoms with Gasteiger partial charge in [-0.1, -0.05) is 24.3 Å². The molecule has 4 heterocycles. The van der Waals surface area contributed by atoms with Crippen LogP contribution in [0.4, 0.5) is 5.69 Å². The second kappa shape index (κ2) is 6.61. The fourth-order valence-corrected chi connectivity index (χ4v) is 4.08. The molecule has 3 aliphatic heterocycles. The zero-order chi connectivity index (χ0) is 22.9. The van der Waals surface area contributed by atoms with Gasteiger partial charge in [0, 0.05) is 0 Å². The summed E-state index contributed by atoms with van der Waals surface area (Å²) >= 11 is 0. The Morgan fingerprint density at radius 3 is 1.70 bits per heavy atom. The van der Waals surface area contributed by atoms with Crippen molar-refractivity contribution in [2.45, 2.75) is 0 Å². The van der Waals surface area contributed by atoms with Gasteiger partial charge in [0.25, 0.3) is 23.6 Å². The quantitative estimate of drug-likeness (QED) is 0.597. The van der Waals surface area contributed by atoms with Gasteiger partial charge in [-0.25, -0.2) is 15.3 Å². The number of rotatable bonds is 3. The van der Waals surface area contributed by atoms with Crippen molar-refractivity contribution in [2.75, 3.05) is 11.5 Å². The van der Waals surface area contributed by atoms with Crippen LogP contribution in [0.3, 0.4) is 0 Å². The minimum atomic E-state index is -0.855. The minimum absolute atomic E-state index is 0.0477. The van der Waals surface area contributed by atoms with Crippen LogP contribution in [0, 0.1) is 0 Å². The van der Waals surface area contributed by atoms with E-state index in [2.05, 4.69) is 5.48 Å². The second-order valence-electron chi connectivity index (χ2n) is 7.38. The van der Waals surface area contributed by atoms with E-state index in [1.54, 1.807) is 24.3 Å². The molecule has 11 nitrogen and oxygen atoms in total. The molecule has 11 heteroatoms. The lowest BCUT2D eigenvalue weighted by atomic mass is 10.1. The van der Waals surface area contributed by atoms with Crippen LogP contribution < -0.4 is 15.9 Å². The molecule has 0 unspecified atom stereocenters. The number of carbonyl (C=O) groups is 4. The third-order valence-corrected chi connectivity index (χ3v) is 5.63. The molecule has 0 atom stereocenters. The number of fused-ring (bicyclic) bond motifs is 2. The number of nitrogens with zero attached hydrogens (tertiary/aromatic N) is 3. The number of hydrogen-bond donors (Lipinski definition) is 1. The molecule has 3 aromatic rings. The van der Waals surface area contributed by atoms with E-state index in [0.29, 0.717) is 0 Å². The lowest BCUT2D eigenvalue weighted by molar-refractivity contribution is 0.0655. The van der Waals surface area contributed by atoms with E-state index in [0.717, 1.165) is 20.8 Å². The first-order valence-electron chi connectivity index (χ1n) is 9.77. The second-order valence-corrected chi connectivity index (χ2v) is 7.38. The summed E-state index contributed by atoms with van der Waals surface area (Å²) in [6, 6.07) is 12.5. The maximum absolute atomic E-state index is 13.1. The van der Waals surface area contributed by atoms with Gasteiger partial charge in [0.05, 0.1) is 22.3 Å². The molecule has 33 heavy (non-hydrogen) atoms. The van der Waals surface area contributed by atoms with Crippen molar-refractivity contribution in [3.63, 3.8) is 0 Å². The van der Waals surface area contributed by atoms with Gasteiger partial charge in [-0.15, -0.1) is 4.74 Å². The molecule has 0 saturated heterocycles. The Morgan fingerprint density at radius 2 is 1.18 bits per heavy atom. The van der Waals surface area contributed by atoms with Crippen molar-refractivity contribution in [1.82, 2.24) is 15.1 Å². The number of amides is 4. The summed E-state index contributed by atoms with van der Waals surface area (Å²) in [5, 5.41) is 0. The first kappa shape index (κ1) is 19.0. The topological polar surface area (TPSA) is 131 Å². The van der Waals surface area contributed by atoms with E-state index in [1.807, 2.05) is 0 Å². The first-order valence-corrected chi connectivity index (χ1v) is 9.77. The Labute approximate surface area is 184 Å². The number of hydrogen-bond acceptors (Lipinski definition) is 8. The molecule has 3 aliphatic rings. The Bertz CT molecular complexity index is 1440. The van der Waals surface area contributed by atoms with Crippen molar-refractivity contribution < 1.29 is 28.5 Å². The molecule has 2 aromatic carbocycles. The summed E-state index contributed by atoms with van der Waals surface area (Å²) in [5.41, 5.74) is 2.13. The molecule has 0 spiro atoms. The van der Waals surface area contributed by atoms with Crippen molar-refractivity contribution in [1.29, 1.82) is 0 Å². The monoisotopic (exact) mass is 444 g/mol. The Hall–Kier alpha value is -4.77. The Morgan fingerprint density at radius 1 is 0.697 bits per heavy atom. The van der Waals surface area contributed by atoms with Crippen LogP contribution in [0.1, 0.15) is 41.4 Å². The highest BCUT2D eigenvalue weighted by molar-refractivity contribution is 6.34. The number of carbonyl (C=O) groups excluding carboxylic acids is 4. The predicted molar refractivity (Wildman–Crippen MR) is 110 cm³/mol. The summed E-state index contributed by atoms with van der Waals surface area (Å²) in [6.45, 7) is -0.212. The third kappa shape index (κ3) is 2.44. The smallest absolute Gasteiger partial charge is 0.313 e. The molecule has 6 rings (SSSR count). The number of benzene rings is 2. The summed E-state index contributed by atoms with van der Waals surface area (Å²) in [6.07, 6.45) is 0.955. The van der Waals surface area contributed by atoms with Crippen molar-refractivity contribution in [3.05, 3.63) is 93.1 Å². The predicted octanol–water partition coefficient (Wildman–Crippen LogP) is 1.20. The van der Waals surface area contributed by atoms with E-state index in [9.17, 15) is 24.0 Å². The summed E-state index contributed by atoms with van der Waals surface area (Å²) in [4.78, 5) is 71.1. The zero-order valence-electron chi connectivity index (χ0n) is 16.6. The van der Waals surface area contributed by atoms with Crippen LogP contribution in [0.25, 0.3) is 5.82 Å². The highest BCUT2D eigenvalue weighted by Gasteiger charge is 2.43. The third-order valence-electron chi connectivity index (χ3n) is 5.63. The van der Waals surface area contributed by atoms with E-state index >= 15 is 0 Å². The highest BCUT2D eigenvalue weighted by atomic mass is 16.7. The molecule has 1 aromatic heterocycles. The van der Waals surface area contributed by atoms with Gasteiger partial charge in [-0.05, 0) is 24.3 Å². The Kier molecular flexibility index (Phi) is 3.80. The molecular weight excluding hydrogens is 432 g/mol. The zero-order valence-corrected chi connectivity index (χ0v) is 16.6. The minimum Gasteiger partial charge on any atom is -0.375 e. The number of nitrogens with one attached hydrogen (secondary N) is 1.